The first kappa shape index (κ1) is 10.6. The van der Waals surface area contributed by atoms with Crippen LogP contribution in [0.4, 0.5) is 0 Å². The lowest BCUT2D eigenvalue weighted by Gasteiger charge is -2.11. The first-order valence-electron chi connectivity index (χ1n) is 5.14. The van der Waals surface area contributed by atoms with Gasteiger partial charge < -0.3 is 15.5 Å². The Kier molecular flexibility index (Phi) is 2.87. The summed E-state index contributed by atoms with van der Waals surface area (Å²) >= 11 is 0. The number of fused-ring (bicyclic) bond motifs is 1. The van der Waals surface area contributed by atoms with Crippen molar-refractivity contribution in [1.82, 2.24) is 14.7 Å². The maximum absolute atomic E-state index is 11.8. The third-order valence-electron chi connectivity index (χ3n) is 2.38. The summed E-state index contributed by atoms with van der Waals surface area (Å²) in [6.07, 6.45) is 5.25. The molecule has 0 saturated carbocycles. The summed E-state index contributed by atoms with van der Waals surface area (Å²) in [5.41, 5.74) is 6.87. The van der Waals surface area contributed by atoms with Crippen molar-refractivity contribution in [2.75, 3.05) is 6.54 Å². The molecule has 2 heterocycles. The molecule has 2 aromatic heterocycles. The standard InChI is InChI=1S/C11H14N4O/c1-8(6-12)14-11(16)9-2-3-10-13-4-5-15(10)7-9/h2-5,7-8H,6,12H2,1H3,(H,14,16)/t8-/m0/s1. The van der Waals surface area contributed by atoms with Gasteiger partial charge in [0.2, 0.25) is 0 Å². The lowest BCUT2D eigenvalue weighted by molar-refractivity contribution is 0.0941. The molecular weight excluding hydrogens is 204 g/mol. The normalized spacial score (nSPS) is 12.6. The molecular formula is C11H14N4O. The average molecular weight is 218 g/mol. The van der Waals surface area contributed by atoms with Gasteiger partial charge in [0.05, 0.1) is 5.56 Å². The van der Waals surface area contributed by atoms with Crippen LogP contribution in [0.15, 0.2) is 30.7 Å². The molecule has 0 unspecified atom stereocenters. The summed E-state index contributed by atoms with van der Waals surface area (Å²) in [4.78, 5) is 15.9. The van der Waals surface area contributed by atoms with Crippen LogP contribution in [0.2, 0.25) is 0 Å². The first-order valence-corrected chi connectivity index (χ1v) is 5.14. The molecule has 0 aliphatic carbocycles. The van der Waals surface area contributed by atoms with Crippen molar-refractivity contribution < 1.29 is 4.79 Å². The van der Waals surface area contributed by atoms with Crippen LogP contribution in [0.25, 0.3) is 5.65 Å². The Balaban J connectivity index is 2.22. The Morgan fingerprint density at radius 3 is 3.19 bits per heavy atom. The highest BCUT2D eigenvalue weighted by Gasteiger charge is 2.09. The number of aromatic nitrogens is 2. The van der Waals surface area contributed by atoms with E-state index in [1.807, 2.05) is 17.4 Å². The molecule has 5 nitrogen and oxygen atoms in total. The van der Waals surface area contributed by atoms with Crippen LogP contribution in [0.1, 0.15) is 17.3 Å². The molecule has 0 spiro atoms. The van der Waals surface area contributed by atoms with Gasteiger partial charge in [0.15, 0.2) is 0 Å². The van der Waals surface area contributed by atoms with E-state index in [9.17, 15) is 4.79 Å². The molecule has 2 rings (SSSR count). The van der Waals surface area contributed by atoms with Crippen molar-refractivity contribution in [1.29, 1.82) is 0 Å². The number of pyridine rings is 1. The molecule has 3 N–H and O–H groups in total. The van der Waals surface area contributed by atoms with E-state index in [-0.39, 0.29) is 11.9 Å². The maximum atomic E-state index is 11.8. The first-order chi connectivity index (χ1) is 7.70. The fourth-order valence-electron chi connectivity index (χ4n) is 1.42. The van der Waals surface area contributed by atoms with E-state index in [0.717, 1.165) is 5.65 Å². The summed E-state index contributed by atoms with van der Waals surface area (Å²) in [5, 5.41) is 2.81. The number of amides is 1. The zero-order chi connectivity index (χ0) is 11.5. The van der Waals surface area contributed by atoms with Crippen LogP contribution >= 0.6 is 0 Å². The molecule has 1 atom stereocenters. The van der Waals surface area contributed by atoms with Gasteiger partial charge in [-0.3, -0.25) is 4.79 Å². The highest BCUT2D eigenvalue weighted by molar-refractivity contribution is 5.94. The van der Waals surface area contributed by atoms with Gasteiger partial charge in [-0.05, 0) is 19.1 Å². The lowest BCUT2D eigenvalue weighted by Crippen LogP contribution is -2.37. The molecule has 0 radical (unpaired) electrons. The van der Waals surface area contributed by atoms with Crippen LogP contribution in [0.3, 0.4) is 0 Å². The fourth-order valence-corrected chi connectivity index (χ4v) is 1.42. The minimum absolute atomic E-state index is 0.0222. The Hall–Kier alpha value is -1.88. The molecule has 0 saturated heterocycles. The molecule has 0 aromatic carbocycles. The van der Waals surface area contributed by atoms with E-state index in [4.69, 9.17) is 5.73 Å². The van der Waals surface area contributed by atoms with Gasteiger partial charge in [0, 0.05) is 31.2 Å². The molecule has 0 fully saturated rings. The van der Waals surface area contributed by atoms with Gasteiger partial charge in [-0.2, -0.15) is 0 Å². The highest BCUT2D eigenvalue weighted by Crippen LogP contribution is 2.04. The van der Waals surface area contributed by atoms with Gasteiger partial charge in [0.1, 0.15) is 5.65 Å². The molecule has 0 bridgehead atoms. The van der Waals surface area contributed by atoms with E-state index >= 15 is 0 Å². The molecule has 84 valence electrons. The summed E-state index contributed by atoms with van der Waals surface area (Å²) < 4.78 is 1.81. The van der Waals surface area contributed by atoms with Crippen LogP contribution in [-0.2, 0) is 0 Å². The number of imidazole rings is 1. The van der Waals surface area contributed by atoms with Crippen molar-refractivity contribution in [3.8, 4) is 0 Å². The highest BCUT2D eigenvalue weighted by atomic mass is 16.1. The Morgan fingerprint density at radius 2 is 2.44 bits per heavy atom. The minimum Gasteiger partial charge on any atom is -0.348 e. The third-order valence-corrected chi connectivity index (χ3v) is 2.38. The lowest BCUT2D eigenvalue weighted by atomic mass is 10.2. The second-order valence-electron chi connectivity index (χ2n) is 3.72. The summed E-state index contributed by atoms with van der Waals surface area (Å²) in [6, 6.07) is 3.54. The van der Waals surface area contributed by atoms with Gasteiger partial charge in [-0.25, -0.2) is 4.98 Å². The van der Waals surface area contributed by atoms with E-state index in [1.165, 1.54) is 0 Å². The number of carbonyl (C=O) groups excluding carboxylic acids is 1. The topological polar surface area (TPSA) is 72.4 Å². The van der Waals surface area contributed by atoms with Crippen molar-refractivity contribution in [2.45, 2.75) is 13.0 Å². The summed E-state index contributed by atoms with van der Waals surface area (Å²) in [6.45, 7) is 2.30. The fraction of sp³-hybridized carbons (Fsp3) is 0.273. The number of nitrogens with zero attached hydrogens (tertiary/aromatic N) is 2. The zero-order valence-electron chi connectivity index (χ0n) is 9.05. The van der Waals surface area contributed by atoms with Crippen molar-refractivity contribution in [3.63, 3.8) is 0 Å². The number of nitrogens with one attached hydrogen (secondary N) is 1. The summed E-state index contributed by atoms with van der Waals surface area (Å²) in [5.74, 6) is -0.117. The van der Waals surface area contributed by atoms with Crippen LogP contribution in [-0.4, -0.2) is 27.9 Å². The van der Waals surface area contributed by atoms with Gasteiger partial charge >= 0.3 is 0 Å². The van der Waals surface area contributed by atoms with E-state index in [0.29, 0.717) is 12.1 Å². The monoisotopic (exact) mass is 218 g/mol. The van der Waals surface area contributed by atoms with E-state index in [2.05, 4.69) is 10.3 Å². The summed E-state index contributed by atoms with van der Waals surface area (Å²) in [7, 11) is 0. The van der Waals surface area contributed by atoms with Gasteiger partial charge in [-0.15, -0.1) is 0 Å². The quantitative estimate of drug-likeness (QED) is 0.783. The van der Waals surface area contributed by atoms with Crippen molar-refractivity contribution >= 4 is 11.6 Å². The Bertz CT molecular complexity index is 505. The number of hydrogen-bond donors (Lipinski definition) is 2. The molecule has 16 heavy (non-hydrogen) atoms. The predicted molar refractivity (Wildman–Crippen MR) is 61.2 cm³/mol. The predicted octanol–water partition coefficient (Wildman–Crippen LogP) is 0.411. The number of rotatable bonds is 3. The molecule has 1 amide bonds. The van der Waals surface area contributed by atoms with Crippen LogP contribution in [0.5, 0.6) is 0 Å². The number of hydrogen-bond acceptors (Lipinski definition) is 3. The maximum Gasteiger partial charge on any atom is 0.253 e. The van der Waals surface area contributed by atoms with Gasteiger partial charge in [-0.1, -0.05) is 0 Å². The van der Waals surface area contributed by atoms with Crippen molar-refractivity contribution in [2.24, 2.45) is 5.73 Å². The Morgan fingerprint density at radius 1 is 1.62 bits per heavy atom. The smallest absolute Gasteiger partial charge is 0.253 e. The van der Waals surface area contributed by atoms with Gasteiger partial charge in [0.25, 0.3) is 5.91 Å². The van der Waals surface area contributed by atoms with Crippen LogP contribution in [0, 0.1) is 0 Å². The molecule has 0 aliphatic rings. The van der Waals surface area contributed by atoms with E-state index in [1.54, 1.807) is 24.7 Å². The van der Waals surface area contributed by atoms with Crippen molar-refractivity contribution in [3.05, 3.63) is 36.3 Å². The van der Waals surface area contributed by atoms with E-state index < -0.39 is 0 Å². The average Bonchev–Trinajstić information content (AvgIpc) is 2.75. The molecule has 2 aromatic rings. The molecule has 0 aliphatic heterocycles. The minimum atomic E-state index is -0.117. The van der Waals surface area contributed by atoms with Crippen LogP contribution < -0.4 is 11.1 Å². The third kappa shape index (κ3) is 2.04. The second-order valence-corrected chi connectivity index (χ2v) is 3.72. The second kappa shape index (κ2) is 4.32. The Labute approximate surface area is 93.3 Å². The molecule has 5 heteroatoms. The zero-order valence-corrected chi connectivity index (χ0v) is 9.05. The SMILES string of the molecule is C[C@@H](CN)NC(=O)c1ccc2nccn2c1. The number of carbonyl (C=O) groups is 1. The number of nitrogens with two attached hydrogens (primary N) is 1. The largest absolute Gasteiger partial charge is 0.348 e.